The topological polar surface area (TPSA) is 30.2 Å². The molecule has 3 nitrogen and oxygen atoms in total. The zero-order chi connectivity index (χ0) is 9.68. The van der Waals surface area contributed by atoms with Gasteiger partial charge in [-0.3, -0.25) is 4.99 Å². The molecule has 0 bridgehead atoms. The van der Waals surface area contributed by atoms with Crippen LogP contribution in [0.25, 0.3) is 5.70 Å². The summed E-state index contributed by atoms with van der Waals surface area (Å²) >= 11 is 0. The highest BCUT2D eigenvalue weighted by Gasteiger charge is 1.89. The van der Waals surface area contributed by atoms with Crippen LogP contribution in [0.5, 0.6) is 0 Å². The van der Waals surface area contributed by atoms with E-state index in [9.17, 15) is 0 Å². The maximum atomic E-state index is 4.09. The fourth-order valence-electron chi connectivity index (χ4n) is 0.848. The summed E-state index contributed by atoms with van der Waals surface area (Å²) in [6.07, 6.45) is 7.51. The van der Waals surface area contributed by atoms with Crippen molar-refractivity contribution in [1.82, 2.24) is 9.78 Å². The average Bonchev–Trinajstić information content (AvgIpc) is 2.66. The predicted octanol–water partition coefficient (Wildman–Crippen LogP) is 2.35. The molecular weight excluding hydrogens is 162 g/mol. The lowest BCUT2D eigenvalue weighted by atomic mass is 10.3. The maximum absolute atomic E-state index is 4.09. The SMILES string of the molecule is C=N/C(C)=C\C=C(/C)n1cccn1. The van der Waals surface area contributed by atoms with Crippen LogP contribution in [-0.4, -0.2) is 16.5 Å². The van der Waals surface area contributed by atoms with Crippen LogP contribution in [0.15, 0.2) is 41.3 Å². The van der Waals surface area contributed by atoms with Crippen LogP contribution in [0.3, 0.4) is 0 Å². The molecule has 0 unspecified atom stereocenters. The largest absolute Gasteiger partial charge is 0.269 e. The van der Waals surface area contributed by atoms with E-state index in [0.717, 1.165) is 11.4 Å². The van der Waals surface area contributed by atoms with Crippen molar-refractivity contribution in [2.24, 2.45) is 4.99 Å². The van der Waals surface area contributed by atoms with Gasteiger partial charge in [0, 0.05) is 23.8 Å². The standard InChI is InChI=1S/C10H13N3/c1-9(11-3)5-6-10(2)13-8-4-7-12-13/h4-8H,3H2,1-2H3/b9-5-,10-6+. The number of aliphatic imine (C=N–C) groups is 1. The fourth-order valence-corrected chi connectivity index (χ4v) is 0.848. The lowest BCUT2D eigenvalue weighted by molar-refractivity contribution is 0.895. The zero-order valence-electron chi connectivity index (χ0n) is 7.94. The number of hydrogen-bond acceptors (Lipinski definition) is 2. The Balaban J connectivity index is 2.79. The van der Waals surface area contributed by atoms with Crippen molar-refractivity contribution in [3.05, 3.63) is 36.3 Å². The van der Waals surface area contributed by atoms with Crippen molar-refractivity contribution in [3.63, 3.8) is 0 Å². The Labute approximate surface area is 78.1 Å². The van der Waals surface area contributed by atoms with Gasteiger partial charge in [0.2, 0.25) is 0 Å². The molecule has 0 N–H and O–H groups in total. The minimum atomic E-state index is 0.895. The molecule has 1 aromatic heterocycles. The van der Waals surface area contributed by atoms with Gasteiger partial charge in [0.05, 0.1) is 0 Å². The summed E-state index contributed by atoms with van der Waals surface area (Å²) in [5, 5.41) is 4.09. The van der Waals surface area contributed by atoms with Crippen LogP contribution >= 0.6 is 0 Å². The molecule has 0 amide bonds. The summed E-state index contributed by atoms with van der Waals surface area (Å²) < 4.78 is 1.80. The monoisotopic (exact) mass is 175 g/mol. The molecule has 3 heteroatoms. The summed E-state index contributed by atoms with van der Waals surface area (Å²) in [6.45, 7) is 7.32. The number of allylic oxidation sites excluding steroid dienone is 4. The Kier molecular flexibility index (Phi) is 3.20. The van der Waals surface area contributed by atoms with Crippen molar-refractivity contribution in [2.75, 3.05) is 0 Å². The van der Waals surface area contributed by atoms with Gasteiger partial charge in [0.1, 0.15) is 0 Å². The number of aromatic nitrogens is 2. The van der Waals surface area contributed by atoms with Crippen LogP contribution in [0.1, 0.15) is 13.8 Å². The Morgan fingerprint density at radius 1 is 1.46 bits per heavy atom. The van der Waals surface area contributed by atoms with E-state index in [1.807, 2.05) is 38.3 Å². The third-order valence-electron chi connectivity index (χ3n) is 1.68. The lowest BCUT2D eigenvalue weighted by Gasteiger charge is -1.97. The third-order valence-corrected chi connectivity index (χ3v) is 1.68. The average molecular weight is 175 g/mol. The van der Waals surface area contributed by atoms with Crippen LogP contribution in [0.4, 0.5) is 0 Å². The van der Waals surface area contributed by atoms with E-state index in [4.69, 9.17) is 0 Å². The van der Waals surface area contributed by atoms with Crippen LogP contribution in [0, 0.1) is 0 Å². The maximum Gasteiger partial charge on any atom is 0.0493 e. The molecule has 0 aliphatic carbocycles. The highest BCUT2D eigenvalue weighted by molar-refractivity contribution is 5.44. The second-order valence-corrected chi connectivity index (χ2v) is 2.72. The Morgan fingerprint density at radius 2 is 2.23 bits per heavy atom. The number of rotatable bonds is 3. The van der Waals surface area contributed by atoms with Crippen molar-refractivity contribution in [3.8, 4) is 0 Å². The summed E-state index contributed by atoms with van der Waals surface area (Å²) in [4.78, 5) is 3.78. The normalized spacial score (nSPS) is 13.1. The van der Waals surface area contributed by atoms with Gasteiger partial charge in [-0.25, -0.2) is 4.68 Å². The number of nitrogens with zero attached hydrogens (tertiary/aromatic N) is 3. The molecule has 0 saturated carbocycles. The van der Waals surface area contributed by atoms with Gasteiger partial charge < -0.3 is 0 Å². The Morgan fingerprint density at radius 3 is 2.77 bits per heavy atom. The van der Waals surface area contributed by atoms with Crippen LogP contribution in [-0.2, 0) is 0 Å². The highest BCUT2D eigenvalue weighted by atomic mass is 15.3. The molecule has 0 saturated heterocycles. The molecule has 0 aliphatic rings. The second-order valence-electron chi connectivity index (χ2n) is 2.72. The van der Waals surface area contributed by atoms with E-state index in [2.05, 4.69) is 16.8 Å². The summed E-state index contributed by atoms with van der Waals surface area (Å²) in [5.41, 5.74) is 1.94. The molecule has 68 valence electrons. The van der Waals surface area contributed by atoms with E-state index >= 15 is 0 Å². The summed E-state index contributed by atoms with van der Waals surface area (Å²) in [7, 11) is 0. The van der Waals surface area contributed by atoms with Gasteiger partial charge >= 0.3 is 0 Å². The fraction of sp³-hybridized carbons (Fsp3) is 0.200. The molecule has 1 aromatic rings. The first-order valence-electron chi connectivity index (χ1n) is 4.06. The molecule has 1 rings (SSSR count). The van der Waals surface area contributed by atoms with Gasteiger partial charge in [-0.05, 0) is 38.8 Å². The van der Waals surface area contributed by atoms with Gasteiger partial charge in [0.25, 0.3) is 0 Å². The van der Waals surface area contributed by atoms with Crippen molar-refractivity contribution in [1.29, 1.82) is 0 Å². The highest BCUT2D eigenvalue weighted by Crippen LogP contribution is 2.02. The first-order valence-corrected chi connectivity index (χ1v) is 4.06. The Hall–Kier alpha value is -1.64. The molecule has 0 aromatic carbocycles. The van der Waals surface area contributed by atoms with Crippen molar-refractivity contribution in [2.45, 2.75) is 13.8 Å². The number of hydrogen-bond donors (Lipinski definition) is 0. The third kappa shape index (κ3) is 2.71. The minimum Gasteiger partial charge on any atom is -0.269 e. The second kappa shape index (κ2) is 4.40. The molecule has 0 radical (unpaired) electrons. The van der Waals surface area contributed by atoms with E-state index in [1.54, 1.807) is 10.9 Å². The molecule has 13 heavy (non-hydrogen) atoms. The smallest absolute Gasteiger partial charge is 0.0493 e. The quantitative estimate of drug-likeness (QED) is 0.512. The summed E-state index contributed by atoms with van der Waals surface area (Å²) in [5.74, 6) is 0. The van der Waals surface area contributed by atoms with E-state index < -0.39 is 0 Å². The zero-order valence-corrected chi connectivity index (χ0v) is 7.94. The van der Waals surface area contributed by atoms with Crippen LogP contribution < -0.4 is 0 Å². The predicted molar refractivity (Wildman–Crippen MR) is 55.5 cm³/mol. The lowest BCUT2D eigenvalue weighted by Crippen LogP contribution is -1.92. The Bertz CT molecular complexity index is 331. The molecule has 0 fully saturated rings. The first kappa shape index (κ1) is 9.45. The van der Waals surface area contributed by atoms with E-state index in [1.165, 1.54) is 0 Å². The van der Waals surface area contributed by atoms with Crippen LogP contribution in [0.2, 0.25) is 0 Å². The molecule has 0 spiro atoms. The van der Waals surface area contributed by atoms with Crippen molar-refractivity contribution >= 4 is 12.4 Å². The van der Waals surface area contributed by atoms with Crippen molar-refractivity contribution < 1.29 is 0 Å². The van der Waals surface area contributed by atoms with Gasteiger partial charge in [-0.15, -0.1) is 0 Å². The molecule has 0 atom stereocenters. The molecular formula is C10H13N3. The van der Waals surface area contributed by atoms with Gasteiger partial charge in [0.15, 0.2) is 0 Å². The minimum absolute atomic E-state index is 0.895. The first-order chi connectivity index (χ1) is 6.24. The summed E-state index contributed by atoms with van der Waals surface area (Å²) in [6, 6.07) is 1.89. The van der Waals surface area contributed by atoms with Gasteiger partial charge in [-0.2, -0.15) is 5.10 Å². The van der Waals surface area contributed by atoms with E-state index in [0.29, 0.717) is 0 Å². The molecule has 1 heterocycles. The van der Waals surface area contributed by atoms with E-state index in [-0.39, 0.29) is 0 Å². The van der Waals surface area contributed by atoms with Gasteiger partial charge in [-0.1, -0.05) is 0 Å². The molecule has 0 aliphatic heterocycles.